The van der Waals surface area contributed by atoms with Crippen LogP contribution in [-0.2, 0) is 9.53 Å². The first-order chi connectivity index (χ1) is 18.8. The van der Waals surface area contributed by atoms with E-state index in [-0.39, 0.29) is 30.0 Å². The van der Waals surface area contributed by atoms with Crippen molar-refractivity contribution in [2.75, 3.05) is 17.2 Å². The maximum Gasteiger partial charge on any atom is 0.343 e. The van der Waals surface area contributed by atoms with Crippen LogP contribution in [0.25, 0.3) is 22.6 Å². The summed E-state index contributed by atoms with van der Waals surface area (Å²) in [6.07, 6.45) is 7.06. The molecule has 1 aliphatic carbocycles. The fraction of sp³-hybridized carbons (Fsp3) is 0.414. The maximum absolute atomic E-state index is 13.7. The summed E-state index contributed by atoms with van der Waals surface area (Å²) in [5.41, 5.74) is 9.30. The summed E-state index contributed by atoms with van der Waals surface area (Å²) in [6, 6.07) is 11.0. The second-order valence-corrected chi connectivity index (χ2v) is 10.5. The molecule has 1 aromatic carbocycles. The highest BCUT2D eigenvalue weighted by atomic mass is 16.5. The number of nitrogen functional groups attached to an aromatic ring is 1. The minimum Gasteiger partial charge on any atom is -0.462 e. The number of hydrogen-bond acceptors (Lipinski definition) is 7. The van der Waals surface area contributed by atoms with E-state index < -0.39 is 5.97 Å². The standard InChI is InChI=1S/C29H35N7O3/c1-5-39-29(38)23-17-34(33-27(23)35(18(2)3)28(37)21-8-6-19(4)7-9-21)22-12-10-20(11-13-22)24-16-26-31-15-14-25(30)36(26)32-24/h10-19,21H,5-9,30H2,1-4H3. The van der Waals surface area contributed by atoms with E-state index in [2.05, 4.69) is 17.0 Å². The molecular weight excluding hydrogens is 494 g/mol. The van der Waals surface area contributed by atoms with Crippen molar-refractivity contribution in [1.82, 2.24) is 24.4 Å². The lowest BCUT2D eigenvalue weighted by atomic mass is 9.82. The molecule has 0 radical (unpaired) electrons. The Bertz CT molecular complexity index is 1480. The lowest BCUT2D eigenvalue weighted by Gasteiger charge is -2.32. The van der Waals surface area contributed by atoms with Crippen molar-refractivity contribution in [3.63, 3.8) is 0 Å². The van der Waals surface area contributed by atoms with Gasteiger partial charge in [0.1, 0.15) is 11.4 Å². The van der Waals surface area contributed by atoms with Crippen LogP contribution in [0.1, 0.15) is 63.7 Å². The van der Waals surface area contributed by atoms with E-state index in [1.165, 1.54) is 0 Å². The van der Waals surface area contributed by atoms with Gasteiger partial charge in [-0.2, -0.15) is 9.61 Å². The highest BCUT2D eigenvalue weighted by Gasteiger charge is 2.34. The quantitative estimate of drug-likeness (QED) is 0.338. The molecule has 0 aliphatic heterocycles. The van der Waals surface area contributed by atoms with Gasteiger partial charge in [0, 0.05) is 36.0 Å². The topological polar surface area (TPSA) is 121 Å². The molecule has 0 atom stereocenters. The molecule has 0 unspecified atom stereocenters. The molecule has 4 aromatic rings. The third kappa shape index (κ3) is 5.23. The zero-order chi connectivity index (χ0) is 27.7. The fourth-order valence-electron chi connectivity index (χ4n) is 5.17. The van der Waals surface area contributed by atoms with Crippen molar-refractivity contribution in [3.05, 3.63) is 54.4 Å². The van der Waals surface area contributed by atoms with Gasteiger partial charge in [0.2, 0.25) is 5.91 Å². The van der Waals surface area contributed by atoms with E-state index in [9.17, 15) is 9.59 Å². The average molecular weight is 530 g/mol. The van der Waals surface area contributed by atoms with E-state index in [1.807, 2.05) is 44.2 Å². The number of fused-ring (bicyclic) bond motifs is 1. The van der Waals surface area contributed by atoms with E-state index in [4.69, 9.17) is 15.6 Å². The molecule has 1 aliphatic rings. The number of aromatic nitrogens is 5. The van der Waals surface area contributed by atoms with Crippen LogP contribution in [0.2, 0.25) is 0 Å². The Morgan fingerprint density at radius 1 is 1.10 bits per heavy atom. The second-order valence-electron chi connectivity index (χ2n) is 10.5. The summed E-state index contributed by atoms with van der Waals surface area (Å²) in [4.78, 5) is 32.7. The molecule has 1 saturated carbocycles. The summed E-state index contributed by atoms with van der Waals surface area (Å²) in [6.45, 7) is 8.11. The Morgan fingerprint density at radius 2 is 1.82 bits per heavy atom. The number of amides is 1. The molecule has 1 fully saturated rings. The number of nitrogens with zero attached hydrogens (tertiary/aromatic N) is 6. The molecule has 39 heavy (non-hydrogen) atoms. The number of anilines is 2. The number of rotatable bonds is 7. The summed E-state index contributed by atoms with van der Waals surface area (Å²) in [5, 5.41) is 9.32. The van der Waals surface area contributed by atoms with E-state index in [0.717, 1.165) is 42.6 Å². The Balaban J connectivity index is 1.49. The van der Waals surface area contributed by atoms with Crippen LogP contribution in [0.15, 0.2) is 48.8 Å². The number of benzene rings is 1. The molecule has 1 amide bonds. The molecule has 10 nitrogen and oxygen atoms in total. The van der Waals surface area contributed by atoms with Crippen molar-refractivity contribution in [1.29, 1.82) is 0 Å². The summed E-state index contributed by atoms with van der Waals surface area (Å²) >= 11 is 0. The Hall–Kier alpha value is -4.21. The van der Waals surface area contributed by atoms with Crippen LogP contribution in [0.3, 0.4) is 0 Å². The van der Waals surface area contributed by atoms with Crippen LogP contribution in [0.5, 0.6) is 0 Å². The maximum atomic E-state index is 13.7. The van der Waals surface area contributed by atoms with Gasteiger partial charge in [-0.1, -0.05) is 19.1 Å². The summed E-state index contributed by atoms with van der Waals surface area (Å²) in [7, 11) is 0. The van der Waals surface area contributed by atoms with Crippen LogP contribution in [-0.4, -0.2) is 48.9 Å². The normalized spacial score (nSPS) is 17.5. The van der Waals surface area contributed by atoms with Crippen LogP contribution in [0, 0.1) is 11.8 Å². The van der Waals surface area contributed by atoms with Crippen molar-refractivity contribution in [2.24, 2.45) is 11.8 Å². The molecule has 0 bridgehead atoms. The van der Waals surface area contributed by atoms with Gasteiger partial charge >= 0.3 is 5.97 Å². The molecule has 3 aromatic heterocycles. The zero-order valence-corrected chi connectivity index (χ0v) is 22.9. The lowest BCUT2D eigenvalue weighted by molar-refractivity contribution is -0.124. The molecule has 0 spiro atoms. The van der Waals surface area contributed by atoms with Crippen molar-refractivity contribution in [2.45, 2.75) is 59.4 Å². The Kier molecular flexibility index (Phi) is 7.36. The first-order valence-corrected chi connectivity index (χ1v) is 13.6. The number of carbonyl (C=O) groups excluding carboxylic acids is 2. The number of carbonyl (C=O) groups is 2. The van der Waals surface area contributed by atoms with E-state index in [0.29, 0.717) is 23.2 Å². The van der Waals surface area contributed by atoms with Crippen molar-refractivity contribution >= 4 is 29.2 Å². The fourth-order valence-corrected chi connectivity index (χ4v) is 5.17. The van der Waals surface area contributed by atoms with E-state index in [1.54, 1.807) is 39.5 Å². The van der Waals surface area contributed by atoms with Gasteiger partial charge in [-0.25, -0.2) is 14.5 Å². The number of nitrogens with two attached hydrogens (primary N) is 1. The van der Waals surface area contributed by atoms with Gasteiger partial charge in [-0.15, -0.1) is 5.10 Å². The minimum absolute atomic E-state index is 0.0165. The molecular formula is C29H35N7O3. The summed E-state index contributed by atoms with van der Waals surface area (Å²) < 4.78 is 8.57. The monoisotopic (exact) mass is 529 g/mol. The Morgan fingerprint density at radius 3 is 2.46 bits per heavy atom. The van der Waals surface area contributed by atoms with Crippen LogP contribution < -0.4 is 10.6 Å². The van der Waals surface area contributed by atoms with Gasteiger partial charge in [-0.3, -0.25) is 9.69 Å². The Labute approximate surface area is 227 Å². The van der Waals surface area contributed by atoms with Crippen molar-refractivity contribution in [3.8, 4) is 16.9 Å². The highest BCUT2D eigenvalue weighted by Crippen LogP contribution is 2.33. The molecule has 2 N–H and O–H groups in total. The number of ether oxygens (including phenoxy) is 1. The van der Waals surface area contributed by atoms with Gasteiger partial charge < -0.3 is 10.5 Å². The highest BCUT2D eigenvalue weighted by molar-refractivity contribution is 6.02. The minimum atomic E-state index is -0.499. The first-order valence-electron chi connectivity index (χ1n) is 13.6. The second kappa shape index (κ2) is 10.9. The third-order valence-corrected chi connectivity index (χ3v) is 7.35. The molecule has 10 heteroatoms. The SMILES string of the molecule is CCOC(=O)c1cn(-c2ccc(-c3cc4nccc(N)n4n3)cc2)nc1N(C(=O)C1CCC(C)CC1)C(C)C. The molecule has 0 saturated heterocycles. The van der Waals surface area contributed by atoms with Crippen LogP contribution >= 0.6 is 0 Å². The van der Waals surface area contributed by atoms with Gasteiger partial charge in [0.05, 0.1) is 18.0 Å². The van der Waals surface area contributed by atoms with Gasteiger partial charge in [0.15, 0.2) is 11.5 Å². The molecule has 3 heterocycles. The largest absolute Gasteiger partial charge is 0.462 e. The van der Waals surface area contributed by atoms with Crippen molar-refractivity contribution < 1.29 is 14.3 Å². The van der Waals surface area contributed by atoms with Gasteiger partial charge in [0.25, 0.3) is 0 Å². The first kappa shape index (κ1) is 26.4. The smallest absolute Gasteiger partial charge is 0.343 e. The summed E-state index contributed by atoms with van der Waals surface area (Å²) in [5.74, 6) is 0.914. The average Bonchev–Trinajstić information content (AvgIpc) is 3.55. The predicted octanol–water partition coefficient (Wildman–Crippen LogP) is 4.91. The lowest BCUT2D eigenvalue weighted by Crippen LogP contribution is -2.43. The molecule has 5 rings (SSSR count). The number of hydrogen-bond donors (Lipinski definition) is 1. The number of esters is 1. The third-order valence-electron chi connectivity index (χ3n) is 7.35. The van der Waals surface area contributed by atoms with Gasteiger partial charge in [-0.05, 0) is 70.6 Å². The van der Waals surface area contributed by atoms with E-state index >= 15 is 0 Å². The zero-order valence-electron chi connectivity index (χ0n) is 22.9. The predicted molar refractivity (Wildman–Crippen MR) is 150 cm³/mol. The molecule has 204 valence electrons. The van der Waals surface area contributed by atoms with Crippen LogP contribution in [0.4, 0.5) is 11.6 Å².